The Balaban J connectivity index is 1.50. The van der Waals surface area contributed by atoms with E-state index in [1.807, 2.05) is 0 Å². The largest absolute Gasteiger partial charge is 0.494 e. The standard InChI is InChI=1S/C30H41BO2/c1-20-18-24-25(27(4,5)15-14-26(24,2)3)19-23(20)30(16-17-30)21-10-12-22(13-11-21)31-32-28(6,7)29(8,9)33-31/h10-13,18-19H,14-17H2,1-9H3. The first-order chi connectivity index (χ1) is 15.2. The van der Waals surface area contributed by atoms with Crippen molar-refractivity contribution < 1.29 is 9.31 Å². The lowest BCUT2D eigenvalue weighted by Crippen LogP contribution is -2.41. The van der Waals surface area contributed by atoms with Crippen molar-refractivity contribution in [2.24, 2.45) is 0 Å². The predicted octanol–water partition coefficient (Wildman–Crippen LogP) is 6.72. The highest BCUT2D eigenvalue weighted by Gasteiger charge is 2.52. The Kier molecular flexibility index (Phi) is 4.90. The molecule has 3 aliphatic rings. The monoisotopic (exact) mass is 444 g/mol. The molecule has 0 amide bonds. The van der Waals surface area contributed by atoms with Gasteiger partial charge in [0.05, 0.1) is 11.2 Å². The minimum Gasteiger partial charge on any atom is -0.399 e. The third-order valence-corrected chi connectivity index (χ3v) is 9.45. The molecule has 2 aromatic rings. The number of benzene rings is 2. The van der Waals surface area contributed by atoms with Crippen molar-refractivity contribution in [3.63, 3.8) is 0 Å². The van der Waals surface area contributed by atoms with Gasteiger partial charge in [0.15, 0.2) is 0 Å². The smallest absolute Gasteiger partial charge is 0.399 e. The summed E-state index contributed by atoms with van der Waals surface area (Å²) in [5.41, 5.74) is 8.69. The van der Waals surface area contributed by atoms with Crippen molar-refractivity contribution in [1.29, 1.82) is 0 Å². The zero-order valence-electron chi connectivity index (χ0n) is 22.2. The number of fused-ring (bicyclic) bond motifs is 1. The van der Waals surface area contributed by atoms with Gasteiger partial charge in [-0.15, -0.1) is 0 Å². The van der Waals surface area contributed by atoms with Crippen molar-refractivity contribution in [1.82, 2.24) is 0 Å². The molecule has 1 saturated carbocycles. The van der Waals surface area contributed by atoms with Crippen molar-refractivity contribution in [3.8, 4) is 0 Å². The minimum atomic E-state index is -0.311. The molecule has 33 heavy (non-hydrogen) atoms. The summed E-state index contributed by atoms with van der Waals surface area (Å²) in [5.74, 6) is 0. The van der Waals surface area contributed by atoms with Gasteiger partial charge in [0.1, 0.15) is 0 Å². The van der Waals surface area contributed by atoms with Gasteiger partial charge in [0.2, 0.25) is 0 Å². The Labute approximate surface area is 201 Å². The molecule has 1 saturated heterocycles. The van der Waals surface area contributed by atoms with Crippen LogP contribution >= 0.6 is 0 Å². The van der Waals surface area contributed by atoms with Crippen LogP contribution in [0.2, 0.25) is 0 Å². The van der Waals surface area contributed by atoms with E-state index in [9.17, 15) is 0 Å². The van der Waals surface area contributed by atoms with E-state index in [4.69, 9.17) is 9.31 Å². The number of aryl methyl sites for hydroxylation is 1. The highest BCUT2D eigenvalue weighted by molar-refractivity contribution is 6.62. The maximum absolute atomic E-state index is 6.28. The van der Waals surface area contributed by atoms with Crippen LogP contribution < -0.4 is 5.46 Å². The van der Waals surface area contributed by atoms with Crippen molar-refractivity contribution in [2.75, 3.05) is 0 Å². The van der Waals surface area contributed by atoms with Crippen LogP contribution in [-0.4, -0.2) is 18.3 Å². The quantitative estimate of drug-likeness (QED) is 0.489. The van der Waals surface area contributed by atoms with Crippen molar-refractivity contribution in [2.45, 2.75) is 115 Å². The first-order valence-electron chi connectivity index (χ1n) is 12.8. The lowest BCUT2D eigenvalue weighted by atomic mass is 9.62. The summed E-state index contributed by atoms with van der Waals surface area (Å²) >= 11 is 0. The molecule has 0 unspecified atom stereocenters. The second-order valence-corrected chi connectivity index (χ2v) is 13.3. The molecular weight excluding hydrogens is 403 g/mol. The van der Waals surface area contributed by atoms with E-state index in [-0.39, 0.29) is 34.6 Å². The molecule has 2 aliphatic carbocycles. The number of hydrogen-bond donors (Lipinski definition) is 0. The van der Waals surface area contributed by atoms with Crippen molar-refractivity contribution >= 4 is 12.6 Å². The molecule has 2 nitrogen and oxygen atoms in total. The van der Waals surface area contributed by atoms with E-state index in [1.54, 1.807) is 11.1 Å². The molecule has 1 aliphatic heterocycles. The second-order valence-electron chi connectivity index (χ2n) is 13.3. The van der Waals surface area contributed by atoms with Crippen LogP contribution in [0.5, 0.6) is 0 Å². The predicted molar refractivity (Wildman–Crippen MR) is 139 cm³/mol. The van der Waals surface area contributed by atoms with Crippen LogP contribution in [0.1, 0.15) is 109 Å². The van der Waals surface area contributed by atoms with Crippen LogP contribution in [0, 0.1) is 6.92 Å². The summed E-state index contributed by atoms with van der Waals surface area (Å²) in [7, 11) is -0.298. The summed E-state index contributed by atoms with van der Waals surface area (Å²) in [6.45, 7) is 20.5. The average Bonchev–Trinajstić information content (AvgIpc) is 3.48. The molecular formula is C30H41BO2. The zero-order chi connectivity index (χ0) is 24.0. The first-order valence-corrected chi connectivity index (χ1v) is 12.8. The normalized spacial score (nSPS) is 25.5. The lowest BCUT2D eigenvalue weighted by Gasteiger charge is -2.43. The molecule has 0 radical (unpaired) electrons. The Morgan fingerprint density at radius 3 is 1.61 bits per heavy atom. The zero-order valence-corrected chi connectivity index (χ0v) is 22.2. The summed E-state index contributed by atoms with van der Waals surface area (Å²) in [4.78, 5) is 0. The molecule has 176 valence electrons. The first kappa shape index (κ1) is 23.2. The highest BCUT2D eigenvalue weighted by atomic mass is 16.7. The Hall–Kier alpha value is -1.58. The van der Waals surface area contributed by atoms with E-state index in [1.165, 1.54) is 42.4 Å². The Morgan fingerprint density at radius 2 is 1.12 bits per heavy atom. The summed E-state index contributed by atoms with van der Waals surface area (Å²) < 4.78 is 12.6. The average molecular weight is 444 g/mol. The molecule has 0 spiro atoms. The maximum atomic E-state index is 6.28. The van der Waals surface area contributed by atoms with Crippen LogP contribution in [0.4, 0.5) is 0 Å². The summed E-state index contributed by atoms with van der Waals surface area (Å²) in [6, 6.07) is 14.2. The second kappa shape index (κ2) is 6.98. The molecule has 0 N–H and O–H groups in total. The van der Waals surface area contributed by atoms with Gasteiger partial charge < -0.3 is 9.31 Å². The van der Waals surface area contributed by atoms with Crippen LogP contribution in [0.25, 0.3) is 0 Å². The van der Waals surface area contributed by atoms with E-state index in [0.29, 0.717) is 0 Å². The molecule has 1 heterocycles. The molecule has 3 heteroatoms. The van der Waals surface area contributed by atoms with E-state index >= 15 is 0 Å². The molecule has 5 rings (SSSR count). The summed E-state index contributed by atoms with van der Waals surface area (Å²) in [5, 5.41) is 0. The minimum absolute atomic E-state index is 0.158. The Morgan fingerprint density at radius 1 is 0.636 bits per heavy atom. The molecule has 2 fully saturated rings. The van der Waals surface area contributed by atoms with Gasteiger partial charge in [-0.3, -0.25) is 0 Å². The van der Waals surface area contributed by atoms with E-state index in [2.05, 4.69) is 98.7 Å². The fourth-order valence-corrected chi connectivity index (χ4v) is 6.01. The fourth-order valence-electron chi connectivity index (χ4n) is 6.01. The van der Waals surface area contributed by atoms with E-state index < -0.39 is 0 Å². The summed E-state index contributed by atoms with van der Waals surface area (Å²) in [6.07, 6.45) is 4.97. The van der Waals surface area contributed by atoms with Crippen molar-refractivity contribution in [3.05, 3.63) is 64.2 Å². The molecule has 0 bridgehead atoms. The molecule has 0 aromatic heterocycles. The van der Waals surface area contributed by atoms with Gasteiger partial charge in [0, 0.05) is 5.41 Å². The van der Waals surface area contributed by atoms with Gasteiger partial charge >= 0.3 is 7.12 Å². The lowest BCUT2D eigenvalue weighted by molar-refractivity contribution is 0.00578. The fraction of sp³-hybridized carbons (Fsp3) is 0.600. The van der Waals surface area contributed by atoms with E-state index in [0.717, 1.165) is 5.46 Å². The highest BCUT2D eigenvalue weighted by Crippen LogP contribution is 2.56. The topological polar surface area (TPSA) is 18.5 Å². The maximum Gasteiger partial charge on any atom is 0.494 e. The van der Waals surface area contributed by atoms with Gasteiger partial charge in [-0.1, -0.05) is 64.1 Å². The number of hydrogen-bond acceptors (Lipinski definition) is 2. The van der Waals surface area contributed by atoms with Gasteiger partial charge in [-0.05, 0) is 104 Å². The van der Waals surface area contributed by atoms with Crippen LogP contribution in [-0.2, 0) is 25.6 Å². The third kappa shape index (κ3) is 3.53. The van der Waals surface area contributed by atoms with Crippen LogP contribution in [0.15, 0.2) is 36.4 Å². The molecule has 0 atom stereocenters. The van der Waals surface area contributed by atoms with Gasteiger partial charge in [-0.25, -0.2) is 0 Å². The third-order valence-electron chi connectivity index (χ3n) is 9.45. The SMILES string of the molecule is Cc1cc2c(cc1C1(c3ccc(B4OC(C)(C)C(C)(C)O4)cc3)CC1)C(C)(C)CCC2(C)C. The molecule has 2 aromatic carbocycles. The Bertz CT molecular complexity index is 1070. The van der Waals surface area contributed by atoms with Crippen LogP contribution in [0.3, 0.4) is 0 Å². The van der Waals surface area contributed by atoms with Gasteiger partial charge in [-0.2, -0.15) is 0 Å². The number of rotatable bonds is 3. The van der Waals surface area contributed by atoms with Gasteiger partial charge in [0.25, 0.3) is 0 Å².